The second kappa shape index (κ2) is 2.63. The average Bonchev–Trinajstić information content (AvgIpc) is 1.59. The monoisotopic (exact) mass is 138 g/mol. The van der Waals surface area contributed by atoms with Crippen LogP contribution in [-0.2, 0) is 14.8 Å². The number of hydrogen-bond donors (Lipinski definition) is 2. The molecular weight excluding hydrogens is 132 g/mol. The lowest BCUT2D eigenvalue weighted by molar-refractivity contribution is -0.109. The molecule has 0 fully saturated rings. The minimum absolute atomic E-state index is 0.237. The first-order chi connectivity index (χ1) is 3.56. The number of hydrogen-bond acceptors (Lipinski definition) is 3. The molecule has 0 saturated carbocycles. The third-order valence-electron chi connectivity index (χ3n) is 0.303. The van der Waals surface area contributed by atoms with Crippen molar-refractivity contribution < 1.29 is 13.2 Å². The fraction of sp³-hybridized carbons (Fsp3) is 0.500. The van der Waals surface area contributed by atoms with E-state index >= 15 is 0 Å². The fourth-order valence-electron chi connectivity index (χ4n) is 0.131. The van der Waals surface area contributed by atoms with Gasteiger partial charge >= 0.3 is 0 Å². The molecule has 0 aromatic heterocycles. The minimum Gasteiger partial charge on any atom is -0.281 e. The average molecular weight is 138 g/mol. The van der Waals surface area contributed by atoms with Crippen LogP contribution < -0.4 is 10.3 Å². The Morgan fingerprint density at radius 1 is 1.50 bits per heavy atom. The number of nitrogens with one attached hydrogen (secondary N) is 2. The van der Waals surface area contributed by atoms with E-state index < -0.39 is 10.0 Å². The van der Waals surface area contributed by atoms with Crippen LogP contribution in [0.5, 0.6) is 0 Å². The summed E-state index contributed by atoms with van der Waals surface area (Å²) >= 11 is 0. The molecule has 0 unspecified atom stereocenters. The van der Waals surface area contributed by atoms with Crippen molar-refractivity contribution in [1.29, 1.82) is 0 Å². The quantitative estimate of drug-likeness (QED) is 0.357. The van der Waals surface area contributed by atoms with E-state index in [0.717, 1.165) is 6.26 Å². The molecule has 48 valence electrons. The van der Waals surface area contributed by atoms with Gasteiger partial charge in [-0.15, -0.1) is 4.83 Å². The van der Waals surface area contributed by atoms with E-state index in [9.17, 15) is 13.2 Å². The summed E-state index contributed by atoms with van der Waals surface area (Å²) < 4.78 is 20.1. The van der Waals surface area contributed by atoms with E-state index in [4.69, 9.17) is 0 Å². The molecular formula is C2H6N2O3S. The molecule has 0 radical (unpaired) electrons. The number of carbonyl (C=O) groups is 1. The Morgan fingerprint density at radius 3 is 2.12 bits per heavy atom. The van der Waals surface area contributed by atoms with Gasteiger partial charge in [0.2, 0.25) is 16.4 Å². The maximum atomic E-state index is 10.1. The van der Waals surface area contributed by atoms with Crippen LogP contribution in [0.4, 0.5) is 0 Å². The van der Waals surface area contributed by atoms with Crippen LogP contribution in [0.2, 0.25) is 0 Å². The standard InChI is InChI=1S/C2H6N2O3S/c1-8(6,7)4-3-2-5/h2,4H,1H3,(H,3,5). The topological polar surface area (TPSA) is 75.3 Å². The summed E-state index contributed by atoms with van der Waals surface area (Å²) in [6.07, 6.45) is 1.17. The van der Waals surface area contributed by atoms with Crippen molar-refractivity contribution in [2.75, 3.05) is 6.26 Å². The lowest BCUT2D eigenvalue weighted by Crippen LogP contribution is -2.35. The van der Waals surface area contributed by atoms with Crippen molar-refractivity contribution in [1.82, 2.24) is 10.3 Å². The molecule has 0 aromatic carbocycles. The van der Waals surface area contributed by atoms with Crippen molar-refractivity contribution in [2.24, 2.45) is 0 Å². The third kappa shape index (κ3) is 5.38. The summed E-state index contributed by atoms with van der Waals surface area (Å²) in [5.41, 5.74) is 1.77. The van der Waals surface area contributed by atoms with E-state index in [2.05, 4.69) is 0 Å². The largest absolute Gasteiger partial charge is 0.281 e. The second-order valence-electron chi connectivity index (χ2n) is 1.14. The van der Waals surface area contributed by atoms with Crippen molar-refractivity contribution in [3.63, 3.8) is 0 Å². The number of rotatable bonds is 3. The SMILES string of the molecule is CS(=O)(=O)NNC=O. The fourth-order valence-corrected chi connectivity index (χ4v) is 0.393. The molecule has 0 bridgehead atoms. The normalized spacial score (nSPS) is 10.6. The molecule has 6 heteroatoms. The highest BCUT2D eigenvalue weighted by Gasteiger charge is 1.94. The Kier molecular flexibility index (Phi) is 2.43. The van der Waals surface area contributed by atoms with Gasteiger partial charge in [-0.3, -0.25) is 10.2 Å². The molecule has 0 aliphatic heterocycles. The number of amides is 1. The summed E-state index contributed by atoms with van der Waals surface area (Å²) in [4.78, 5) is 11.1. The van der Waals surface area contributed by atoms with Gasteiger partial charge in [-0.1, -0.05) is 0 Å². The highest BCUT2D eigenvalue weighted by Crippen LogP contribution is 1.63. The molecule has 0 heterocycles. The summed E-state index contributed by atoms with van der Waals surface area (Å²) in [5.74, 6) is 0. The van der Waals surface area contributed by atoms with Crippen LogP contribution in [0.3, 0.4) is 0 Å². The summed E-state index contributed by atoms with van der Waals surface area (Å²) in [5, 5.41) is 0. The Bertz CT molecular complexity index is 160. The van der Waals surface area contributed by atoms with Crippen LogP contribution in [0.15, 0.2) is 0 Å². The Hall–Kier alpha value is -0.620. The summed E-state index contributed by atoms with van der Waals surface area (Å²) in [6, 6.07) is 0. The smallest absolute Gasteiger partial charge is 0.225 e. The van der Waals surface area contributed by atoms with Crippen LogP contribution in [0, 0.1) is 0 Å². The van der Waals surface area contributed by atoms with Gasteiger partial charge in [-0.25, -0.2) is 8.42 Å². The van der Waals surface area contributed by atoms with E-state index in [0.29, 0.717) is 0 Å². The van der Waals surface area contributed by atoms with Crippen LogP contribution in [-0.4, -0.2) is 21.1 Å². The van der Waals surface area contributed by atoms with Gasteiger partial charge in [0, 0.05) is 0 Å². The molecule has 8 heavy (non-hydrogen) atoms. The molecule has 0 spiro atoms. The molecule has 0 aromatic rings. The molecule has 1 amide bonds. The number of sulfonamides is 1. The van der Waals surface area contributed by atoms with Gasteiger partial charge < -0.3 is 0 Å². The van der Waals surface area contributed by atoms with Crippen molar-refractivity contribution in [3.05, 3.63) is 0 Å². The molecule has 5 nitrogen and oxygen atoms in total. The third-order valence-corrected chi connectivity index (χ3v) is 0.792. The van der Waals surface area contributed by atoms with Gasteiger partial charge in [-0.05, 0) is 0 Å². The van der Waals surface area contributed by atoms with Gasteiger partial charge in [0.05, 0.1) is 6.26 Å². The molecule has 0 atom stereocenters. The summed E-state index contributed by atoms with van der Waals surface area (Å²) in [7, 11) is -3.28. The summed E-state index contributed by atoms with van der Waals surface area (Å²) in [6.45, 7) is 0. The van der Waals surface area contributed by atoms with Gasteiger partial charge in [-0.2, -0.15) is 0 Å². The van der Waals surface area contributed by atoms with E-state index in [-0.39, 0.29) is 6.41 Å². The molecule has 0 rings (SSSR count). The Labute approximate surface area is 47.1 Å². The van der Waals surface area contributed by atoms with Gasteiger partial charge in [0.1, 0.15) is 0 Å². The van der Waals surface area contributed by atoms with E-state index in [1.54, 1.807) is 10.3 Å². The molecule has 2 N–H and O–H groups in total. The lowest BCUT2D eigenvalue weighted by Gasteiger charge is -1.94. The first kappa shape index (κ1) is 7.38. The highest BCUT2D eigenvalue weighted by atomic mass is 32.2. The van der Waals surface area contributed by atoms with Crippen molar-refractivity contribution in [3.8, 4) is 0 Å². The van der Waals surface area contributed by atoms with Crippen LogP contribution in [0.1, 0.15) is 0 Å². The van der Waals surface area contributed by atoms with Crippen molar-refractivity contribution >= 4 is 16.4 Å². The molecule has 0 aliphatic rings. The van der Waals surface area contributed by atoms with Crippen LogP contribution in [0.25, 0.3) is 0 Å². The first-order valence-electron chi connectivity index (χ1n) is 1.72. The van der Waals surface area contributed by atoms with Crippen LogP contribution >= 0.6 is 0 Å². The second-order valence-corrected chi connectivity index (χ2v) is 2.88. The highest BCUT2D eigenvalue weighted by molar-refractivity contribution is 7.88. The zero-order valence-electron chi connectivity index (χ0n) is 4.21. The molecule has 0 aliphatic carbocycles. The first-order valence-corrected chi connectivity index (χ1v) is 3.61. The maximum absolute atomic E-state index is 10.1. The van der Waals surface area contributed by atoms with E-state index in [1.165, 1.54) is 0 Å². The predicted octanol–water partition coefficient (Wildman–Crippen LogP) is -1.80. The van der Waals surface area contributed by atoms with Crippen molar-refractivity contribution in [2.45, 2.75) is 0 Å². The molecule has 0 saturated heterocycles. The lowest BCUT2D eigenvalue weighted by atomic mass is 11.4. The zero-order chi connectivity index (χ0) is 6.62. The Morgan fingerprint density at radius 2 is 2.00 bits per heavy atom. The van der Waals surface area contributed by atoms with E-state index in [1.807, 2.05) is 0 Å². The van der Waals surface area contributed by atoms with Gasteiger partial charge in [0.25, 0.3) is 0 Å². The number of hydrazine groups is 1. The predicted molar refractivity (Wildman–Crippen MR) is 27.2 cm³/mol. The Balaban J connectivity index is 3.57. The number of carbonyl (C=O) groups excluding carboxylic acids is 1. The van der Waals surface area contributed by atoms with Gasteiger partial charge in [0.15, 0.2) is 0 Å². The maximum Gasteiger partial charge on any atom is 0.225 e. The minimum atomic E-state index is -3.28. The zero-order valence-corrected chi connectivity index (χ0v) is 5.03.